The van der Waals surface area contributed by atoms with Gasteiger partial charge in [0, 0.05) is 31.7 Å². The van der Waals surface area contributed by atoms with Crippen molar-refractivity contribution in [1.29, 1.82) is 0 Å². The first-order valence-electron chi connectivity index (χ1n) is 6.81. The number of aromatic amines is 1. The Bertz CT molecular complexity index is 622. The fourth-order valence-electron chi connectivity index (χ4n) is 2.34. The Balaban J connectivity index is 1.94. The van der Waals surface area contributed by atoms with Gasteiger partial charge in [0.1, 0.15) is 5.82 Å². The number of rotatable bonds is 2. The molecule has 1 aliphatic heterocycles. The number of hydrogen-bond acceptors (Lipinski definition) is 4. The van der Waals surface area contributed by atoms with Crippen LogP contribution in [0.25, 0.3) is 0 Å². The minimum absolute atomic E-state index is 0.155. The van der Waals surface area contributed by atoms with Crippen molar-refractivity contribution < 1.29 is 4.79 Å². The molecular weight excluding hydrogens is 254 g/mol. The largest absolute Gasteiger partial charge is 0.311 e. The molecule has 0 bridgehead atoms. The molecule has 6 nitrogen and oxygen atoms in total. The van der Waals surface area contributed by atoms with Gasteiger partial charge in [0.15, 0.2) is 0 Å². The van der Waals surface area contributed by atoms with Crippen LogP contribution >= 0.6 is 0 Å². The van der Waals surface area contributed by atoms with Crippen molar-refractivity contribution in [2.24, 2.45) is 0 Å². The van der Waals surface area contributed by atoms with Crippen molar-refractivity contribution in [3.05, 3.63) is 41.5 Å². The molecule has 0 radical (unpaired) electrons. The zero-order valence-electron chi connectivity index (χ0n) is 11.4. The first kappa shape index (κ1) is 12.8. The molecule has 6 heteroatoms. The van der Waals surface area contributed by atoms with E-state index in [1.807, 2.05) is 31.2 Å². The second kappa shape index (κ2) is 5.42. The van der Waals surface area contributed by atoms with E-state index in [1.54, 1.807) is 4.90 Å². The minimum Gasteiger partial charge on any atom is -0.311 e. The third-order valence-corrected chi connectivity index (χ3v) is 3.41. The Morgan fingerprint density at radius 1 is 1.40 bits per heavy atom. The quantitative estimate of drug-likeness (QED) is 0.858. The molecule has 1 aromatic heterocycles. The second-order valence-corrected chi connectivity index (χ2v) is 4.72. The number of nitrogens with one attached hydrogen (secondary N) is 2. The average Bonchev–Trinajstić information content (AvgIpc) is 2.86. The van der Waals surface area contributed by atoms with Crippen LogP contribution in [0.1, 0.15) is 28.9 Å². The summed E-state index contributed by atoms with van der Waals surface area (Å²) in [5.74, 6) is 0.810. The molecular formula is C14H17N5O. The summed E-state index contributed by atoms with van der Waals surface area (Å²) in [4.78, 5) is 18.6. The molecule has 3 rings (SSSR count). The van der Waals surface area contributed by atoms with Gasteiger partial charge in [-0.2, -0.15) is 0 Å². The highest BCUT2D eigenvalue weighted by atomic mass is 16.2. The van der Waals surface area contributed by atoms with Gasteiger partial charge in [-0.3, -0.25) is 9.89 Å². The summed E-state index contributed by atoms with van der Waals surface area (Å²) in [5, 5.41) is 10.1. The smallest absolute Gasteiger partial charge is 0.297 e. The predicted molar refractivity (Wildman–Crippen MR) is 75.6 cm³/mol. The summed E-state index contributed by atoms with van der Waals surface area (Å²) in [5.41, 5.74) is 2.05. The van der Waals surface area contributed by atoms with Crippen LogP contribution in [-0.4, -0.2) is 34.2 Å². The summed E-state index contributed by atoms with van der Waals surface area (Å²) in [7, 11) is 0. The van der Waals surface area contributed by atoms with Crippen LogP contribution in [0, 0.1) is 0 Å². The molecule has 20 heavy (non-hydrogen) atoms. The number of anilines is 1. The lowest BCUT2D eigenvalue weighted by molar-refractivity contribution is 0.0978. The number of nitrogens with zero attached hydrogens (tertiary/aromatic N) is 3. The van der Waals surface area contributed by atoms with E-state index in [0.717, 1.165) is 36.6 Å². The van der Waals surface area contributed by atoms with Crippen molar-refractivity contribution in [1.82, 2.24) is 20.5 Å². The molecule has 1 aromatic carbocycles. The number of carbonyl (C=O) groups excluding carboxylic acids is 1. The number of aromatic nitrogens is 3. The Hall–Kier alpha value is -2.21. The fourth-order valence-corrected chi connectivity index (χ4v) is 2.34. The summed E-state index contributed by atoms with van der Waals surface area (Å²) >= 11 is 0. The maximum absolute atomic E-state index is 12.6. The summed E-state index contributed by atoms with van der Waals surface area (Å²) in [6, 6.07) is 7.92. The van der Waals surface area contributed by atoms with Crippen molar-refractivity contribution in [3.8, 4) is 0 Å². The van der Waals surface area contributed by atoms with Gasteiger partial charge in [0.25, 0.3) is 5.91 Å². The number of aryl methyl sites for hydroxylation is 1. The standard InChI is InChI=1S/C14H17N5O/c1-2-12-16-13(18-17-12)14(20)19-8-7-15-9-10-5-3-4-6-11(10)19/h3-6,15H,2,7-9H2,1H3,(H,16,17,18). The molecule has 0 aliphatic carbocycles. The molecule has 1 aliphatic rings. The summed E-state index contributed by atoms with van der Waals surface area (Å²) in [6.45, 7) is 4.12. The molecule has 0 atom stereocenters. The molecule has 0 saturated heterocycles. The molecule has 2 N–H and O–H groups in total. The number of carbonyl (C=O) groups is 1. The number of hydrogen-bond donors (Lipinski definition) is 2. The van der Waals surface area contributed by atoms with Crippen molar-refractivity contribution >= 4 is 11.6 Å². The minimum atomic E-state index is -0.155. The maximum Gasteiger partial charge on any atom is 0.297 e. The third-order valence-electron chi connectivity index (χ3n) is 3.41. The van der Waals surface area contributed by atoms with E-state index in [-0.39, 0.29) is 11.7 Å². The van der Waals surface area contributed by atoms with Crippen LogP contribution < -0.4 is 10.2 Å². The average molecular weight is 271 g/mol. The van der Waals surface area contributed by atoms with Gasteiger partial charge in [0.05, 0.1) is 0 Å². The predicted octanol–water partition coefficient (Wildman–Crippen LogP) is 1.12. The summed E-state index contributed by atoms with van der Waals surface area (Å²) < 4.78 is 0. The van der Waals surface area contributed by atoms with Crippen LogP contribution in [0.2, 0.25) is 0 Å². The topological polar surface area (TPSA) is 73.9 Å². The lowest BCUT2D eigenvalue weighted by Gasteiger charge is -2.20. The van der Waals surface area contributed by atoms with E-state index in [1.165, 1.54) is 0 Å². The van der Waals surface area contributed by atoms with Gasteiger partial charge >= 0.3 is 0 Å². The SMILES string of the molecule is CCc1nc(C(=O)N2CCNCc3ccccc32)n[nH]1. The van der Waals surface area contributed by atoms with Gasteiger partial charge in [-0.25, -0.2) is 4.98 Å². The molecule has 0 saturated carbocycles. The maximum atomic E-state index is 12.6. The second-order valence-electron chi connectivity index (χ2n) is 4.72. The van der Waals surface area contributed by atoms with Crippen LogP contribution in [0.5, 0.6) is 0 Å². The number of benzene rings is 1. The van der Waals surface area contributed by atoms with E-state index < -0.39 is 0 Å². The fraction of sp³-hybridized carbons (Fsp3) is 0.357. The number of fused-ring (bicyclic) bond motifs is 1. The van der Waals surface area contributed by atoms with Gasteiger partial charge < -0.3 is 10.2 Å². The molecule has 104 valence electrons. The third kappa shape index (κ3) is 2.30. The van der Waals surface area contributed by atoms with E-state index in [9.17, 15) is 4.79 Å². The zero-order chi connectivity index (χ0) is 13.9. The first-order valence-corrected chi connectivity index (χ1v) is 6.81. The van der Waals surface area contributed by atoms with Gasteiger partial charge in [-0.1, -0.05) is 25.1 Å². The Labute approximate surface area is 117 Å². The molecule has 2 heterocycles. The molecule has 0 unspecified atom stereocenters. The lowest BCUT2D eigenvalue weighted by Crippen LogP contribution is -2.35. The zero-order valence-corrected chi connectivity index (χ0v) is 11.4. The molecule has 1 amide bonds. The number of H-pyrrole nitrogens is 1. The van der Waals surface area contributed by atoms with Crippen LogP contribution in [0.3, 0.4) is 0 Å². The van der Waals surface area contributed by atoms with Gasteiger partial charge in [-0.05, 0) is 11.6 Å². The normalized spacial score (nSPS) is 14.8. The highest BCUT2D eigenvalue weighted by Crippen LogP contribution is 2.23. The molecule has 0 fully saturated rings. The van der Waals surface area contributed by atoms with Crippen molar-refractivity contribution in [2.75, 3.05) is 18.0 Å². The highest BCUT2D eigenvalue weighted by molar-refractivity contribution is 6.04. The number of amides is 1. The monoisotopic (exact) mass is 271 g/mol. The van der Waals surface area contributed by atoms with Crippen LogP contribution in [0.15, 0.2) is 24.3 Å². The van der Waals surface area contributed by atoms with E-state index in [4.69, 9.17) is 0 Å². The van der Waals surface area contributed by atoms with E-state index in [0.29, 0.717) is 6.54 Å². The van der Waals surface area contributed by atoms with Crippen molar-refractivity contribution in [2.45, 2.75) is 19.9 Å². The highest BCUT2D eigenvalue weighted by Gasteiger charge is 2.24. The Kier molecular flexibility index (Phi) is 3.47. The van der Waals surface area contributed by atoms with Gasteiger partial charge in [0.2, 0.25) is 5.82 Å². The number of para-hydroxylation sites is 1. The van der Waals surface area contributed by atoms with Gasteiger partial charge in [-0.15, -0.1) is 5.10 Å². The first-order chi connectivity index (χ1) is 9.79. The van der Waals surface area contributed by atoms with Crippen LogP contribution in [0.4, 0.5) is 5.69 Å². The van der Waals surface area contributed by atoms with Crippen LogP contribution in [-0.2, 0) is 13.0 Å². The Morgan fingerprint density at radius 3 is 3.05 bits per heavy atom. The summed E-state index contributed by atoms with van der Waals surface area (Å²) in [6.07, 6.45) is 0.735. The molecule has 0 spiro atoms. The Morgan fingerprint density at radius 2 is 2.25 bits per heavy atom. The van der Waals surface area contributed by atoms with Crippen molar-refractivity contribution in [3.63, 3.8) is 0 Å². The molecule has 2 aromatic rings. The van der Waals surface area contributed by atoms with E-state index in [2.05, 4.69) is 20.5 Å². The lowest BCUT2D eigenvalue weighted by atomic mass is 10.1. The van der Waals surface area contributed by atoms with E-state index >= 15 is 0 Å².